The van der Waals surface area contributed by atoms with Crippen LogP contribution in [0.15, 0.2) is 41.8 Å². The van der Waals surface area contributed by atoms with Crippen molar-refractivity contribution in [2.45, 2.75) is 0 Å². The van der Waals surface area contributed by atoms with E-state index < -0.39 is 18.5 Å². The number of carbonyl (C=O) groups is 4. The van der Waals surface area contributed by atoms with E-state index in [1.54, 1.807) is 23.6 Å². The zero-order valence-electron chi connectivity index (χ0n) is 15.6. The van der Waals surface area contributed by atoms with Crippen LogP contribution in [0, 0.1) is 5.82 Å². The van der Waals surface area contributed by atoms with Crippen LogP contribution < -0.4 is 5.32 Å². The number of imide groups is 1. The fourth-order valence-electron chi connectivity index (χ4n) is 2.55. The number of thiophene rings is 1. The maximum absolute atomic E-state index is 13.1. The number of ether oxygens (including phenoxy) is 1. The topological polar surface area (TPSA) is 92.8 Å². The molecule has 0 spiro atoms. The zero-order chi connectivity index (χ0) is 21.5. The summed E-state index contributed by atoms with van der Waals surface area (Å²) < 4.78 is 18.2. The van der Waals surface area contributed by atoms with Crippen LogP contribution in [-0.2, 0) is 19.1 Å². The van der Waals surface area contributed by atoms with Gasteiger partial charge in [-0.05, 0) is 35.2 Å². The lowest BCUT2D eigenvalue weighted by Gasteiger charge is -2.13. The first-order valence-electron chi connectivity index (χ1n) is 8.86. The molecule has 0 radical (unpaired) electrons. The number of benzene rings is 1. The van der Waals surface area contributed by atoms with Crippen LogP contribution in [0.25, 0.3) is 11.6 Å². The summed E-state index contributed by atoms with van der Waals surface area (Å²) in [7, 11) is 0. The maximum atomic E-state index is 13.1. The van der Waals surface area contributed by atoms with Gasteiger partial charge >= 0.3 is 5.97 Å². The van der Waals surface area contributed by atoms with E-state index >= 15 is 0 Å². The first kappa shape index (κ1) is 21.7. The Morgan fingerprint density at radius 3 is 2.60 bits per heavy atom. The fourth-order valence-corrected chi connectivity index (χ4v) is 4.03. The number of nitrogens with one attached hydrogen (secondary N) is 1. The molecule has 2 heterocycles. The summed E-state index contributed by atoms with van der Waals surface area (Å²) in [5, 5.41) is 3.96. The van der Waals surface area contributed by atoms with Crippen molar-refractivity contribution in [1.29, 1.82) is 0 Å². The van der Waals surface area contributed by atoms with E-state index in [-0.39, 0.29) is 41.4 Å². The molecular formula is C20H17FN2O5S2. The minimum absolute atomic E-state index is 0.0647. The summed E-state index contributed by atoms with van der Waals surface area (Å²) in [6, 6.07) is 9.14. The molecule has 1 saturated heterocycles. The van der Waals surface area contributed by atoms with E-state index in [0.717, 1.165) is 16.7 Å². The predicted octanol–water partition coefficient (Wildman–Crippen LogP) is 2.78. The molecule has 1 aromatic heterocycles. The normalized spacial score (nSPS) is 14.2. The largest absolute Gasteiger partial charge is 0.452 e. The molecule has 10 heteroatoms. The molecule has 1 aromatic carbocycles. The predicted molar refractivity (Wildman–Crippen MR) is 112 cm³/mol. The molecular weight excluding hydrogens is 431 g/mol. The first-order valence-corrected chi connectivity index (χ1v) is 10.7. The molecule has 7 nitrogen and oxygen atoms in total. The maximum Gasteiger partial charge on any atom is 0.340 e. The summed E-state index contributed by atoms with van der Waals surface area (Å²) in [6.45, 7) is -0.380. The van der Waals surface area contributed by atoms with Crippen LogP contribution in [0.5, 0.6) is 0 Å². The molecule has 0 unspecified atom stereocenters. The van der Waals surface area contributed by atoms with Crippen LogP contribution in [0.3, 0.4) is 0 Å². The van der Waals surface area contributed by atoms with Crippen molar-refractivity contribution >= 4 is 57.8 Å². The Morgan fingerprint density at radius 1 is 1.20 bits per heavy atom. The third-order valence-electron chi connectivity index (χ3n) is 4.02. The standard InChI is InChI=1S/C20H17FN2O5S2/c21-14-5-3-13(4-6-14)10-15(16-2-1-9-29-16)19(26)28-11-17(24)22-7-8-23-18(25)12-30-20(23)27/h1-6,9-10H,7-8,11-12H2,(H,22,24)/b15-10+. The number of nitrogens with zero attached hydrogens (tertiary/aromatic N) is 1. The van der Waals surface area contributed by atoms with E-state index in [2.05, 4.69) is 5.32 Å². The Labute approximate surface area is 179 Å². The Balaban J connectivity index is 1.55. The summed E-state index contributed by atoms with van der Waals surface area (Å²) >= 11 is 2.25. The van der Waals surface area contributed by atoms with Crippen molar-refractivity contribution in [1.82, 2.24) is 10.2 Å². The lowest BCUT2D eigenvalue weighted by molar-refractivity contribution is -0.142. The number of esters is 1. The second-order valence-electron chi connectivity index (χ2n) is 6.11. The highest BCUT2D eigenvalue weighted by atomic mass is 32.2. The molecule has 3 rings (SSSR count). The average molecular weight is 448 g/mol. The van der Waals surface area contributed by atoms with Crippen LogP contribution in [0.1, 0.15) is 10.4 Å². The van der Waals surface area contributed by atoms with Crippen molar-refractivity contribution in [3.05, 3.63) is 58.0 Å². The van der Waals surface area contributed by atoms with Gasteiger partial charge in [-0.2, -0.15) is 0 Å². The number of rotatable bonds is 8. The minimum atomic E-state index is -0.696. The van der Waals surface area contributed by atoms with Gasteiger partial charge in [0.25, 0.3) is 11.1 Å². The summed E-state index contributed by atoms with van der Waals surface area (Å²) in [4.78, 5) is 49.2. The number of hydrogen-bond acceptors (Lipinski definition) is 7. The number of carbonyl (C=O) groups excluding carboxylic acids is 4. The van der Waals surface area contributed by atoms with E-state index in [0.29, 0.717) is 10.4 Å². The fraction of sp³-hybridized carbons (Fsp3) is 0.200. The zero-order valence-corrected chi connectivity index (χ0v) is 17.3. The Morgan fingerprint density at radius 2 is 1.97 bits per heavy atom. The van der Waals surface area contributed by atoms with Crippen LogP contribution in [-0.4, -0.2) is 53.4 Å². The molecule has 2 aromatic rings. The van der Waals surface area contributed by atoms with Gasteiger partial charge in [0.1, 0.15) is 5.82 Å². The van der Waals surface area contributed by atoms with Crippen molar-refractivity contribution in [2.24, 2.45) is 0 Å². The summed E-state index contributed by atoms with van der Waals surface area (Å²) in [6.07, 6.45) is 1.56. The lowest BCUT2D eigenvalue weighted by Crippen LogP contribution is -2.38. The van der Waals surface area contributed by atoms with Gasteiger partial charge in [-0.15, -0.1) is 11.3 Å². The van der Waals surface area contributed by atoms with E-state index in [9.17, 15) is 23.6 Å². The third kappa shape index (κ3) is 5.77. The molecule has 0 bridgehead atoms. The number of halogens is 1. The second-order valence-corrected chi connectivity index (χ2v) is 7.99. The Kier molecular flexibility index (Phi) is 7.36. The van der Waals surface area contributed by atoms with E-state index in [1.807, 2.05) is 0 Å². The average Bonchev–Trinajstić information content (AvgIpc) is 3.37. The Hall–Kier alpha value is -2.98. The Bertz CT molecular complexity index is 958. The first-order chi connectivity index (χ1) is 14.4. The van der Waals surface area contributed by atoms with Crippen LogP contribution in [0.4, 0.5) is 9.18 Å². The highest BCUT2D eigenvalue weighted by Gasteiger charge is 2.29. The van der Waals surface area contributed by atoms with Gasteiger partial charge in [-0.25, -0.2) is 9.18 Å². The highest BCUT2D eigenvalue weighted by Crippen LogP contribution is 2.24. The number of amides is 3. The van der Waals surface area contributed by atoms with Gasteiger partial charge in [0, 0.05) is 18.0 Å². The van der Waals surface area contributed by atoms with Gasteiger partial charge in [-0.1, -0.05) is 30.0 Å². The molecule has 1 aliphatic rings. The van der Waals surface area contributed by atoms with Gasteiger partial charge in [0.2, 0.25) is 5.91 Å². The monoisotopic (exact) mass is 448 g/mol. The minimum Gasteiger partial charge on any atom is -0.452 e. The summed E-state index contributed by atoms with van der Waals surface area (Å²) in [5.74, 6) is -1.83. The lowest BCUT2D eigenvalue weighted by atomic mass is 10.1. The van der Waals surface area contributed by atoms with Gasteiger partial charge in [-0.3, -0.25) is 19.3 Å². The number of thioether (sulfide) groups is 1. The van der Waals surface area contributed by atoms with Crippen molar-refractivity contribution in [2.75, 3.05) is 25.4 Å². The molecule has 1 fully saturated rings. The second kappa shape index (κ2) is 10.2. The smallest absolute Gasteiger partial charge is 0.340 e. The molecule has 1 aliphatic heterocycles. The van der Waals surface area contributed by atoms with Crippen LogP contribution in [0.2, 0.25) is 0 Å². The number of hydrogen-bond donors (Lipinski definition) is 1. The van der Waals surface area contributed by atoms with Gasteiger partial charge in [0.15, 0.2) is 6.61 Å². The summed E-state index contributed by atoms with van der Waals surface area (Å²) in [5.41, 5.74) is 0.855. The van der Waals surface area contributed by atoms with Crippen molar-refractivity contribution < 1.29 is 28.3 Å². The third-order valence-corrected chi connectivity index (χ3v) is 5.78. The molecule has 0 saturated carbocycles. The van der Waals surface area contributed by atoms with Gasteiger partial charge in [0.05, 0.1) is 11.3 Å². The van der Waals surface area contributed by atoms with E-state index in [4.69, 9.17) is 4.74 Å². The van der Waals surface area contributed by atoms with Crippen LogP contribution >= 0.6 is 23.1 Å². The quantitative estimate of drug-likeness (QED) is 0.493. The molecule has 3 amide bonds. The van der Waals surface area contributed by atoms with E-state index in [1.165, 1.54) is 35.6 Å². The van der Waals surface area contributed by atoms with Crippen molar-refractivity contribution in [3.8, 4) is 0 Å². The molecule has 0 aliphatic carbocycles. The molecule has 0 atom stereocenters. The molecule has 156 valence electrons. The highest BCUT2D eigenvalue weighted by molar-refractivity contribution is 8.14. The SMILES string of the molecule is O=C(COC(=O)/C(=C/c1ccc(F)cc1)c1cccs1)NCCN1C(=O)CSC1=O. The molecule has 1 N–H and O–H groups in total. The van der Waals surface area contributed by atoms with Gasteiger partial charge < -0.3 is 10.1 Å². The molecule has 30 heavy (non-hydrogen) atoms. The van der Waals surface area contributed by atoms with Crippen molar-refractivity contribution in [3.63, 3.8) is 0 Å².